The Balaban J connectivity index is 1.77. The van der Waals surface area contributed by atoms with Crippen molar-refractivity contribution in [3.63, 3.8) is 0 Å². The Morgan fingerprint density at radius 2 is 0.667 bits per heavy atom. The van der Waals surface area contributed by atoms with Crippen molar-refractivity contribution in [3.05, 3.63) is 104 Å². The summed E-state index contributed by atoms with van der Waals surface area (Å²) in [6.07, 6.45) is 0. The van der Waals surface area contributed by atoms with Crippen LogP contribution in [0.15, 0.2) is 70.3 Å². The number of aromatic amines is 2. The molecule has 0 spiro atoms. The minimum Gasteiger partial charge on any atom is -0.320 e. The molecule has 0 saturated carbocycles. The van der Waals surface area contributed by atoms with Gasteiger partial charge in [0.15, 0.2) is 0 Å². The first-order valence-electron chi connectivity index (χ1n) is 14.9. The first-order chi connectivity index (χ1) is 19.1. The van der Waals surface area contributed by atoms with Crippen LogP contribution in [0.5, 0.6) is 0 Å². The zero-order valence-electron chi connectivity index (χ0n) is 27.6. The van der Waals surface area contributed by atoms with E-state index in [4.69, 9.17) is 0 Å². The molecular weight excluding hydrogens is 516 g/mol. The first kappa shape index (κ1) is 31.3. The number of nitrogens with one attached hydrogen (secondary N) is 2. The van der Waals surface area contributed by atoms with Crippen LogP contribution in [-0.4, -0.2) is 9.97 Å². The quantitative estimate of drug-likeness (QED) is 0.260. The van der Waals surface area contributed by atoms with Gasteiger partial charge in [0.25, 0.3) is 11.1 Å². The van der Waals surface area contributed by atoms with E-state index in [1.807, 2.05) is 24.3 Å². The number of hydrogen-bond donors (Lipinski definition) is 2. The average Bonchev–Trinajstić information content (AvgIpc) is 2.86. The lowest BCUT2D eigenvalue weighted by Gasteiger charge is -2.26. The summed E-state index contributed by atoms with van der Waals surface area (Å²) in [5.74, 6) is 0. The van der Waals surface area contributed by atoms with Gasteiger partial charge in [0.2, 0.25) is 0 Å². The van der Waals surface area contributed by atoms with Gasteiger partial charge in [-0.3, -0.25) is 9.59 Å². The van der Waals surface area contributed by atoms with Crippen molar-refractivity contribution in [2.75, 3.05) is 0 Å². The topological polar surface area (TPSA) is 65.7 Å². The van der Waals surface area contributed by atoms with Crippen LogP contribution >= 0.6 is 0 Å². The molecule has 0 bridgehead atoms. The fraction of sp³-hybridized carbons (Fsp3) is 0.421. The lowest BCUT2D eigenvalue weighted by molar-refractivity contribution is 0.568. The first-order valence-corrected chi connectivity index (χ1v) is 14.9. The van der Waals surface area contributed by atoms with E-state index in [9.17, 15) is 9.59 Å². The highest BCUT2D eigenvalue weighted by Gasteiger charge is 2.23. The van der Waals surface area contributed by atoms with E-state index in [1.54, 1.807) is 0 Å². The SMILES string of the molecule is CC(C)(C)c1cc(-c2ccc(-c3ccc(-c4cc(C(C)(C)C)cc(C(C)(C)C)c4)c(=O)[nH]3)[nH]c2=O)cc(C(C)(C)C)c1. The van der Waals surface area contributed by atoms with Crippen molar-refractivity contribution in [3.8, 4) is 33.6 Å². The largest absolute Gasteiger partial charge is 0.320 e. The predicted molar refractivity (Wildman–Crippen MR) is 179 cm³/mol. The number of hydrogen-bond acceptors (Lipinski definition) is 2. The highest BCUT2D eigenvalue weighted by molar-refractivity contribution is 5.70. The van der Waals surface area contributed by atoms with E-state index >= 15 is 0 Å². The molecule has 4 nitrogen and oxygen atoms in total. The van der Waals surface area contributed by atoms with E-state index in [1.165, 1.54) is 22.3 Å². The van der Waals surface area contributed by atoms with Gasteiger partial charge in [-0.2, -0.15) is 0 Å². The molecule has 4 aromatic rings. The maximum absolute atomic E-state index is 13.4. The fourth-order valence-corrected chi connectivity index (χ4v) is 5.01. The third-order valence-corrected chi connectivity index (χ3v) is 8.06. The molecule has 0 aliphatic carbocycles. The van der Waals surface area contributed by atoms with Crippen LogP contribution in [0.3, 0.4) is 0 Å². The lowest BCUT2D eigenvalue weighted by Crippen LogP contribution is -2.18. The molecule has 222 valence electrons. The summed E-state index contributed by atoms with van der Waals surface area (Å²) in [4.78, 5) is 32.9. The number of pyridine rings is 2. The molecule has 2 N–H and O–H groups in total. The van der Waals surface area contributed by atoms with Gasteiger partial charge in [-0.1, -0.05) is 119 Å². The van der Waals surface area contributed by atoms with Crippen molar-refractivity contribution in [1.82, 2.24) is 9.97 Å². The Morgan fingerprint density at radius 3 is 0.881 bits per heavy atom. The molecule has 4 rings (SSSR count). The van der Waals surface area contributed by atoms with Gasteiger partial charge in [-0.05, 0) is 79.3 Å². The molecule has 0 aliphatic rings. The Morgan fingerprint density at radius 1 is 0.405 bits per heavy atom. The van der Waals surface area contributed by atoms with Gasteiger partial charge in [0, 0.05) is 11.1 Å². The van der Waals surface area contributed by atoms with Crippen molar-refractivity contribution in [1.29, 1.82) is 0 Å². The molecule has 2 heterocycles. The summed E-state index contributed by atoms with van der Waals surface area (Å²) < 4.78 is 0. The van der Waals surface area contributed by atoms with Crippen molar-refractivity contribution in [2.45, 2.75) is 105 Å². The van der Waals surface area contributed by atoms with E-state index in [2.05, 4.69) is 129 Å². The van der Waals surface area contributed by atoms with Gasteiger partial charge in [0.1, 0.15) is 0 Å². The van der Waals surface area contributed by atoms with Gasteiger partial charge in [-0.25, -0.2) is 0 Å². The second kappa shape index (κ2) is 10.6. The van der Waals surface area contributed by atoms with Crippen LogP contribution in [-0.2, 0) is 21.7 Å². The maximum Gasteiger partial charge on any atom is 0.256 e. The minimum atomic E-state index is -0.184. The van der Waals surface area contributed by atoms with Crippen LogP contribution in [0.4, 0.5) is 0 Å². The zero-order valence-corrected chi connectivity index (χ0v) is 27.6. The monoisotopic (exact) mass is 564 g/mol. The predicted octanol–water partition coefficient (Wildman–Crippen LogP) is 9.25. The molecule has 0 radical (unpaired) electrons. The second-order valence-electron chi connectivity index (χ2n) is 15.8. The normalized spacial score (nSPS) is 13.0. The minimum absolute atomic E-state index is 0.0516. The smallest absolute Gasteiger partial charge is 0.256 e. The number of aromatic nitrogens is 2. The Labute approximate surface area is 251 Å². The Bertz CT molecular complexity index is 1550. The highest BCUT2D eigenvalue weighted by Crippen LogP contribution is 2.35. The van der Waals surface area contributed by atoms with Crippen LogP contribution in [0.2, 0.25) is 0 Å². The molecule has 0 unspecified atom stereocenters. The molecule has 0 fully saturated rings. The standard InChI is InChI=1S/C38H48N2O2/c1-35(2,3)25-17-23(18-26(21-25)36(4,5)6)29-13-15-31(39-33(29)41)32-16-14-30(34(42)40-32)24-19-27(37(7,8)9)22-28(20-24)38(10,11)12/h13-22H,1-12H3,(H,39,41)(H,40,42). The second-order valence-corrected chi connectivity index (χ2v) is 15.8. The summed E-state index contributed by atoms with van der Waals surface area (Å²) in [5.41, 5.74) is 8.38. The van der Waals surface area contributed by atoms with Gasteiger partial charge in [-0.15, -0.1) is 0 Å². The average molecular weight is 565 g/mol. The lowest BCUT2D eigenvalue weighted by atomic mass is 9.79. The fourth-order valence-electron chi connectivity index (χ4n) is 5.01. The Kier molecular flexibility index (Phi) is 7.86. The molecular formula is C38H48N2O2. The van der Waals surface area contributed by atoms with Crippen molar-refractivity contribution >= 4 is 0 Å². The van der Waals surface area contributed by atoms with Crippen molar-refractivity contribution in [2.24, 2.45) is 0 Å². The molecule has 4 heteroatoms. The van der Waals surface area contributed by atoms with Crippen molar-refractivity contribution < 1.29 is 0 Å². The number of rotatable bonds is 3. The van der Waals surface area contributed by atoms with E-state index in [0.717, 1.165) is 11.1 Å². The molecule has 2 aromatic heterocycles. The van der Waals surface area contributed by atoms with Gasteiger partial charge < -0.3 is 9.97 Å². The summed E-state index contributed by atoms with van der Waals surface area (Å²) in [7, 11) is 0. The summed E-state index contributed by atoms with van der Waals surface area (Å²) in [5, 5.41) is 0. The van der Waals surface area contributed by atoms with E-state index in [0.29, 0.717) is 22.5 Å². The molecule has 0 amide bonds. The van der Waals surface area contributed by atoms with E-state index in [-0.39, 0.29) is 32.8 Å². The summed E-state index contributed by atoms with van der Waals surface area (Å²) in [6.45, 7) is 26.3. The van der Waals surface area contributed by atoms with Crippen LogP contribution in [0, 0.1) is 0 Å². The third kappa shape index (κ3) is 6.69. The molecule has 2 aromatic carbocycles. The summed E-state index contributed by atoms with van der Waals surface area (Å²) >= 11 is 0. The maximum atomic E-state index is 13.4. The van der Waals surface area contributed by atoms with Gasteiger partial charge >= 0.3 is 0 Å². The molecule has 42 heavy (non-hydrogen) atoms. The molecule has 0 saturated heterocycles. The number of benzene rings is 2. The van der Waals surface area contributed by atoms with Crippen LogP contribution in [0.1, 0.15) is 105 Å². The highest BCUT2D eigenvalue weighted by atomic mass is 16.1. The third-order valence-electron chi connectivity index (χ3n) is 8.06. The number of H-pyrrole nitrogens is 2. The zero-order chi connectivity index (χ0) is 31.4. The van der Waals surface area contributed by atoms with Gasteiger partial charge in [0.05, 0.1) is 11.4 Å². The van der Waals surface area contributed by atoms with Crippen LogP contribution < -0.4 is 11.1 Å². The Hall–Kier alpha value is -3.66. The molecule has 0 aliphatic heterocycles. The molecule has 0 atom stereocenters. The van der Waals surface area contributed by atoms with Crippen LogP contribution in [0.25, 0.3) is 33.6 Å². The summed E-state index contributed by atoms with van der Waals surface area (Å²) in [6, 6.07) is 20.4. The van der Waals surface area contributed by atoms with E-state index < -0.39 is 0 Å².